The summed E-state index contributed by atoms with van der Waals surface area (Å²) in [5.41, 5.74) is 5.85. The van der Waals surface area contributed by atoms with E-state index >= 15 is 0 Å². The van der Waals surface area contributed by atoms with Gasteiger partial charge < -0.3 is 56.1 Å². The molecule has 1 aromatic carbocycles. The van der Waals surface area contributed by atoms with Crippen molar-refractivity contribution in [1.82, 2.24) is 10.6 Å². The summed E-state index contributed by atoms with van der Waals surface area (Å²) in [6.45, 7) is 0.0353. The normalized spacial score (nSPS) is 20.2. The van der Waals surface area contributed by atoms with Gasteiger partial charge in [0, 0.05) is 19.4 Å². The van der Waals surface area contributed by atoms with Gasteiger partial charge in [-0.2, -0.15) is 0 Å². The number of nitrogens with one attached hydrogen (secondary N) is 3. The molecule has 0 radical (unpaired) electrons. The lowest BCUT2D eigenvalue weighted by molar-refractivity contribution is -0.152. The molecule has 1 amide bonds. The number of carbonyl (C=O) groups is 3. The van der Waals surface area contributed by atoms with Crippen molar-refractivity contribution >= 4 is 29.9 Å². The van der Waals surface area contributed by atoms with Gasteiger partial charge in [0.25, 0.3) is 0 Å². The molecule has 15 heteroatoms. The molecule has 0 spiro atoms. The topological polar surface area (TPSA) is 254 Å². The highest BCUT2D eigenvalue weighted by atomic mass is 16.6. The van der Waals surface area contributed by atoms with Gasteiger partial charge in [-0.25, -0.2) is 9.59 Å². The van der Waals surface area contributed by atoms with E-state index in [9.17, 15) is 39.9 Å². The van der Waals surface area contributed by atoms with Crippen LogP contribution in [0.2, 0.25) is 0 Å². The van der Waals surface area contributed by atoms with Crippen LogP contribution in [-0.2, 0) is 28.6 Å². The highest BCUT2D eigenvalue weighted by Crippen LogP contribution is 2.26. The number of guanidine groups is 1. The maximum atomic E-state index is 12.6. The molecule has 1 heterocycles. The Labute approximate surface area is 223 Å². The number of phenolic OH excluding ortho intramolecular Hbond substituents is 2. The van der Waals surface area contributed by atoms with E-state index in [2.05, 4.69) is 10.6 Å². The molecule has 1 aliphatic heterocycles. The summed E-state index contributed by atoms with van der Waals surface area (Å²) < 4.78 is 15.6. The van der Waals surface area contributed by atoms with Crippen molar-refractivity contribution in [1.29, 1.82) is 5.41 Å². The number of esters is 2. The molecule has 0 bridgehead atoms. The molecule has 0 aliphatic carbocycles. The Balaban J connectivity index is 1.96. The first-order valence-corrected chi connectivity index (χ1v) is 11.7. The second kappa shape index (κ2) is 14.6. The number of benzene rings is 1. The molecule has 0 saturated carbocycles. The third-order valence-corrected chi connectivity index (χ3v) is 5.32. The first-order chi connectivity index (χ1) is 18.4. The van der Waals surface area contributed by atoms with Gasteiger partial charge in [0.2, 0.25) is 11.7 Å². The SMILES string of the molecule is CC(=O)N[C@H]1[C@H]([C@H](O)[C@H](O)CO)OC(C(=O)OCCCOC(=O)/C=C/c2ccc(O)c(O)c2)=C[C@@H]1NC(=N)N. The van der Waals surface area contributed by atoms with E-state index in [0.29, 0.717) is 5.56 Å². The van der Waals surface area contributed by atoms with E-state index in [1.54, 1.807) is 0 Å². The Kier molecular flexibility index (Phi) is 11.5. The lowest BCUT2D eigenvalue weighted by atomic mass is 9.92. The molecule has 39 heavy (non-hydrogen) atoms. The number of carbonyl (C=O) groups excluding carboxylic acids is 3. The number of phenols is 2. The predicted molar refractivity (Wildman–Crippen MR) is 134 cm³/mol. The van der Waals surface area contributed by atoms with Crippen LogP contribution in [0.4, 0.5) is 0 Å². The zero-order chi connectivity index (χ0) is 29.1. The molecule has 0 saturated heterocycles. The summed E-state index contributed by atoms with van der Waals surface area (Å²) >= 11 is 0. The predicted octanol–water partition coefficient (Wildman–Crippen LogP) is -2.06. The third-order valence-electron chi connectivity index (χ3n) is 5.32. The Morgan fingerprint density at radius 3 is 2.46 bits per heavy atom. The van der Waals surface area contributed by atoms with E-state index < -0.39 is 66.6 Å². The molecular weight excluding hydrogens is 520 g/mol. The van der Waals surface area contributed by atoms with Crippen LogP contribution in [0.25, 0.3) is 6.08 Å². The summed E-state index contributed by atoms with van der Waals surface area (Å²) in [6.07, 6.45) is -1.10. The van der Waals surface area contributed by atoms with Crippen LogP contribution in [0.15, 0.2) is 36.1 Å². The highest BCUT2D eigenvalue weighted by molar-refractivity contribution is 5.88. The van der Waals surface area contributed by atoms with Crippen molar-refractivity contribution in [3.8, 4) is 11.5 Å². The summed E-state index contributed by atoms with van der Waals surface area (Å²) in [4.78, 5) is 36.2. The maximum Gasteiger partial charge on any atom is 0.373 e. The lowest BCUT2D eigenvalue weighted by Gasteiger charge is -2.40. The van der Waals surface area contributed by atoms with Gasteiger partial charge in [0.05, 0.1) is 31.9 Å². The van der Waals surface area contributed by atoms with Gasteiger partial charge in [-0.1, -0.05) is 6.07 Å². The van der Waals surface area contributed by atoms with E-state index in [1.165, 1.54) is 37.3 Å². The molecule has 5 atom stereocenters. The Morgan fingerprint density at radius 1 is 1.15 bits per heavy atom. The second-order valence-electron chi connectivity index (χ2n) is 8.40. The molecule has 15 nitrogen and oxygen atoms in total. The number of amides is 1. The fourth-order valence-corrected chi connectivity index (χ4v) is 3.50. The number of nitrogens with two attached hydrogens (primary N) is 1. The summed E-state index contributed by atoms with van der Waals surface area (Å²) in [5.74, 6) is -3.80. The van der Waals surface area contributed by atoms with Gasteiger partial charge >= 0.3 is 11.9 Å². The quantitative estimate of drug-likeness (QED) is 0.0338. The van der Waals surface area contributed by atoms with Gasteiger partial charge in [-0.15, -0.1) is 0 Å². The Bertz CT molecular complexity index is 1110. The molecule has 0 aromatic heterocycles. The minimum atomic E-state index is -1.75. The number of hydrogen-bond acceptors (Lipinski definition) is 12. The van der Waals surface area contributed by atoms with E-state index in [-0.39, 0.29) is 31.1 Å². The first-order valence-electron chi connectivity index (χ1n) is 11.7. The molecule has 1 aliphatic rings. The average Bonchev–Trinajstić information content (AvgIpc) is 2.88. The fourth-order valence-electron chi connectivity index (χ4n) is 3.50. The number of aliphatic hydroxyl groups excluding tert-OH is 3. The molecule has 214 valence electrons. The van der Waals surface area contributed by atoms with Crippen LogP contribution in [0.5, 0.6) is 11.5 Å². The van der Waals surface area contributed by atoms with Crippen molar-refractivity contribution < 1.29 is 54.1 Å². The number of aromatic hydroxyl groups is 2. The van der Waals surface area contributed by atoms with Crippen molar-refractivity contribution in [3.63, 3.8) is 0 Å². The molecule has 1 aromatic rings. The molecular formula is C24H32N4O11. The fraction of sp³-hybridized carbons (Fsp3) is 0.417. The zero-order valence-corrected chi connectivity index (χ0v) is 20.9. The molecule has 10 N–H and O–H groups in total. The van der Waals surface area contributed by atoms with Gasteiger partial charge in [0.15, 0.2) is 17.5 Å². The second-order valence-corrected chi connectivity index (χ2v) is 8.40. The van der Waals surface area contributed by atoms with Crippen molar-refractivity contribution in [3.05, 3.63) is 41.7 Å². The number of aliphatic hydroxyl groups is 3. The van der Waals surface area contributed by atoms with Crippen molar-refractivity contribution in [2.24, 2.45) is 5.73 Å². The highest BCUT2D eigenvalue weighted by Gasteiger charge is 2.44. The van der Waals surface area contributed by atoms with Gasteiger partial charge in [0.1, 0.15) is 18.3 Å². The largest absolute Gasteiger partial charge is 0.504 e. The van der Waals surface area contributed by atoms with Crippen LogP contribution in [0.3, 0.4) is 0 Å². The third kappa shape index (κ3) is 9.48. The lowest BCUT2D eigenvalue weighted by Crippen LogP contribution is -2.64. The Morgan fingerprint density at radius 2 is 1.85 bits per heavy atom. The minimum Gasteiger partial charge on any atom is -0.504 e. The zero-order valence-electron chi connectivity index (χ0n) is 20.9. The molecule has 0 fully saturated rings. The maximum absolute atomic E-state index is 12.6. The monoisotopic (exact) mass is 552 g/mol. The van der Waals surface area contributed by atoms with Gasteiger partial charge in [-0.05, 0) is 29.8 Å². The van der Waals surface area contributed by atoms with Crippen LogP contribution in [-0.4, -0.2) is 99.6 Å². The average molecular weight is 553 g/mol. The van der Waals surface area contributed by atoms with Crippen LogP contribution < -0.4 is 16.4 Å². The molecule has 0 unspecified atom stereocenters. The smallest absolute Gasteiger partial charge is 0.373 e. The number of ether oxygens (including phenoxy) is 3. The minimum absolute atomic E-state index is 0.109. The summed E-state index contributed by atoms with van der Waals surface area (Å²) in [7, 11) is 0. The number of rotatable bonds is 12. The van der Waals surface area contributed by atoms with E-state index in [0.717, 1.165) is 6.08 Å². The van der Waals surface area contributed by atoms with Crippen molar-refractivity contribution in [2.45, 2.75) is 43.7 Å². The van der Waals surface area contributed by atoms with E-state index in [4.69, 9.17) is 25.4 Å². The van der Waals surface area contributed by atoms with E-state index in [1.807, 2.05) is 0 Å². The van der Waals surface area contributed by atoms with Crippen LogP contribution in [0, 0.1) is 5.41 Å². The Hall–Kier alpha value is -4.34. The summed E-state index contributed by atoms with van der Waals surface area (Å²) in [6, 6.07) is 1.86. The standard InChI is InChI=1S/C24H32N4O11/c1-12(30)27-20-14(28-24(25)26)10-18(39-22(20)21(35)17(33)11-29)23(36)38-8-2-7-37-19(34)6-4-13-3-5-15(31)16(32)9-13/h3-6,9-10,14,17,20-22,29,31-33,35H,2,7-8,11H2,1H3,(H,27,30)(H4,25,26,28)/b6-4+/t14-,17+,20+,21+,22+/m0/s1. The van der Waals surface area contributed by atoms with Crippen LogP contribution >= 0.6 is 0 Å². The van der Waals surface area contributed by atoms with Gasteiger partial charge in [-0.3, -0.25) is 10.2 Å². The number of hydrogen-bond donors (Lipinski definition) is 9. The van der Waals surface area contributed by atoms with Crippen LogP contribution in [0.1, 0.15) is 18.9 Å². The molecule has 2 rings (SSSR count). The first kappa shape index (κ1) is 30.9. The summed E-state index contributed by atoms with van der Waals surface area (Å²) in [5, 5.41) is 60.9. The van der Waals surface area contributed by atoms with Crippen molar-refractivity contribution in [2.75, 3.05) is 19.8 Å².